The molecule has 0 unspecified atom stereocenters. The van der Waals surface area contributed by atoms with Crippen LogP contribution in [-0.4, -0.2) is 19.5 Å². The van der Waals surface area contributed by atoms with Crippen LogP contribution in [0.1, 0.15) is 6.85 Å². The van der Waals surface area contributed by atoms with Crippen LogP contribution in [0.4, 0.5) is 0 Å². The van der Waals surface area contributed by atoms with Gasteiger partial charge in [-0.3, -0.25) is 0 Å². The van der Waals surface area contributed by atoms with Crippen molar-refractivity contribution in [2.45, 2.75) is 0 Å². The molecule has 0 bridgehead atoms. The van der Waals surface area contributed by atoms with Gasteiger partial charge in [0.05, 0.1) is 17.9 Å². The number of aromatic nitrogens is 4. The van der Waals surface area contributed by atoms with E-state index in [0.29, 0.717) is 17.2 Å². The van der Waals surface area contributed by atoms with Crippen molar-refractivity contribution in [2.24, 2.45) is 0 Å². The van der Waals surface area contributed by atoms with Gasteiger partial charge < -0.3 is 4.57 Å². The molecule has 290 valence electrons. The van der Waals surface area contributed by atoms with Crippen LogP contribution in [0.25, 0.3) is 115 Å². The van der Waals surface area contributed by atoms with Crippen molar-refractivity contribution in [1.82, 2.24) is 19.5 Å². The average Bonchev–Trinajstić information content (AvgIpc) is 3.94. The summed E-state index contributed by atoms with van der Waals surface area (Å²) in [6.07, 6.45) is 0. The summed E-state index contributed by atoms with van der Waals surface area (Å²) < 4.78 is 47.9. The fourth-order valence-corrected chi connectivity index (χ4v) is 10.0. The summed E-state index contributed by atoms with van der Waals surface area (Å²) in [5.41, 5.74) is 10.9. The van der Waals surface area contributed by atoms with E-state index in [1.165, 1.54) is 0 Å². The summed E-state index contributed by atoms with van der Waals surface area (Å²) >= 11 is 1.67. The second-order valence-electron chi connectivity index (χ2n) is 15.2. The van der Waals surface area contributed by atoms with E-state index < -0.39 is 18.1 Å². The molecule has 5 heteroatoms. The summed E-state index contributed by atoms with van der Waals surface area (Å²) in [7, 11) is 0. The Morgan fingerprint density at radius 1 is 0.371 bits per heavy atom. The molecule has 0 aliphatic carbocycles. The van der Waals surface area contributed by atoms with Gasteiger partial charge in [0.2, 0.25) is 0 Å². The van der Waals surface area contributed by atoms with Crippen LogP contribution >= 0.6 is 11.3 Å². The molecular formula is C57H36N4S. The molecule has 0 saturated heterocycles. The van der Waals surface area contributed by atoms with E-state index >= 15 is 0 Å². The Kier molecular flexibility index (Phi) is 7.46. The summed E-state index contributed by atoms with van der Waals surface area (Å²) in [6, 6.07) is 62.6. The monoisotopic (exact) mass is 813 g/mol. The van der Waals surface area contributed by atoms with Crippen molar-refractivity contribution in [3.05, 3.63) is 218 Å². The molecule has 0 amide bonds. The van der Waals surface area contributed by atoms with Crippen molar-refractivity contribution in [2.75, 3.05) is 0 Å². The Bertz CT molecular complexity index is 3880. The van der Waals surface area contributed by atoms with Gasteiger partial charge in [0, 0.05) is 58.9 Å². The van der Waals surface area contributed by atoms with Crippen LogP contribution in [0.15, 0.2) is 218 Å². The minimum Gasteiger partial charge on any atom is -0.309 e. The predicted octanol–water partition coefficient (Wildman–Crippen LogP) is 15.3. The standard InChI is InChI=1S/C57H36N4S/c1-5-17-37(18-6-1)38-31-33-40(34-32-38)45-27-16-29-48-49-35-43(61-51-30-14-13-25-46(51)47-28-15-26-44(52(47)61)39-19-7-2-8-20-39)36-50(54(49)62-53(45)48)57-59-55(41-21-9-3-10-22-41)58-56(60-57)42-23-11-4-12-24-42/h1-36H/i3D,9D,10D,21D,22D. The van der Waals surface area contributed by atoms with E-state index in [2.05, 4.69) is 150 Å². The molecule has 3 heterocycles. The lowest BCUT2D eigenvalue weighted by Gasteiger charge is -2.15. The maximum absolute atomic E-state index is 8.99. The molecule has 12 rings (SSSR count). The quantitative estimate of drug-likeness (QED) is 0.161. The molecule has 62 heavy (non-hydrogen) atoms. The van der Waals surface area contributed by atoms with Crippen molar-refractivity contribution < 1.29 is 6.85 Å². The summed E-state index contributed by atoms with van der Waals surface area (Å²) in [5, 5.41) is 4.30. The van der Waals surface area contributed by atoms with Gasteiger partial charge >= 0.3 is 0 Å². The van der Waals surface area contributed by atoms with Crippen molar-refractivity contribution in [3.8, 4) is 73.2 Å². The van der Waals surface area contributed by atoms with Crippen LogP contribution in [0.5, 0.6) is 0 Å². The molecule has 0 aliphatic rings. The van der Waals surface area contributed by atoms with Crippen molar-refractivity contribution in [1.29, 1.82) is 0 Å². The molecule has 0 N–H and O–H groups in total. The molecular weight excluding hydrogens is 773 g/mol. The number of hydrogen-bond donors (Lipinski definition) is 0. The smallest absolute Gasteiger partial charge is 0.165 e. The zero-order valence-electron chi connectivity index (χ0n) is 38.1. The van der Waals surface area contributed by atoms with Crippen LogP contribution in [0, 0.1) is 0 Å². The number of fused-ring (bicyclic) bond motifs is 6. The average molecular weight is 814 g/mol. The van der Waals surface area contributed by atoms with E-state index in [-0.39, 0.29) is 23.5 Å². The van der Waals surface area contributed by atoms with Crippen molar-refractivity contribution >= 4 is 53.3 Å². The number of thiophene rings is 1. The number of benzene rings is 9. The fraction of sp³-hybridized carbons (Fsp3) is 0. The van der Waals surface area contributed by atoms with E-state index in [9.17, 15) is 0 Å². The topological polar surface area (TPSA) is 43.6 Å². The second kappa shape index (κ2) is 14.9. The van der Waals surface area contributed by atoms with Gasteiger partial charge in [-0.25, -0.2) is 15.0 Å². The zero-order chi connectivity index (χ0) is 45.3. The molecule has 3 aromatic heterocycles. The largest absolute Gasteiger partial charge is 0.309 e. The third-order valence-electron chi connectivity index (χ3n) is 11.6. The number of para-hydroxylation sites is 2. The summed E-state index contributed by atoms with van der Waals surface area (Å²) in [5.74, 6) is 0.615. The van der Waals surface area contributed by atoms with E-state index in [1.54, 1.807) is 11.3 Å². The van der Waals surface area contributed by atoms with Crippen LogP contribution in [0.3, 0.4) is 0 Å². The van der Waals surface area contributed by atoms with Gasteiger partial charge in [0.25, 0.3) is 0 Å². The van der Waals surface area contributed by atoms with Crippen LogP contribution in [-0.2, 0) is 0 Å². The van der Waals surface area contributed by atoms with Crippen LogP contribution < -0.4 is 0 Å². The normalized spacial score (nSPS) is 12.7. The lowest BCUT2D eigenvalue weighted by atomic mass is 9.98. The highest BCUT2D eigenvalue weighted by atomic mass is 32.1. The molecule has 12 aromatic rings. The summed E-state index contributed by atoms with van der Waals surface area (Å²) in [4.78, 5) is 15.1. The predicted molar refractivity (Wildman–Crippen MR) is 260 cm³/mol. The third kappa shape index (κ3) is 6.09. The van der Waals surface area contributed by atoms with E-state index in [4.69, 9.17) is 21.8 Å². The summed E-state index contributed by atoms with van der Waals surface area (Å²) in [6.45, 7) is 0. The zero-order valence-corrected chi connectivity index (χ0v) is 33.9. The molecule has 0 saturated carbocycles. The first-order chi connectivity index (χ1) is 32.8. The van der Waals surface area contributed by atoms with Crippen molar-refractivity contribution in [3.63, 3.8) is 0 Å². The Hall–Kier alpha value is -7.99. The third-order valence-corrected chi connectivity index (χ3v) is 12.8. The molecule has 4 nitrogen and oxygen atoms in total. The molecule has 0 spiro atoms. The highest BCUT2D eigenvalue weighted by Crippen LogP contribution is 2.47. The molecule has 0 atom stereocenters. The Balaban J connectivity index is 1.19. The molecule has 0 fully saturated rings. The minimum absolute atomic E-state index is 0.0112. The highest BCUT2D eigenvalue weighted by molar-refractivity contribution is 7.26. The van der Waals surface area contributed by atoms with Crippen LogP contribution in [0.2, 0.25) is 0 Å². The van der Waals surface area contributed by atoms with E-state index in [0.717, 1.165) is 86.6 Å². The first-order valence-electron chi connectivity index (χ1n) is 22.9. The maximum atomic E-state index is 8.99. The Morgan fingerprint density at radius 3 is 1.65 bits per heavy atom. The fourth-order valence-electron chi connectivity index (χ4n) is 8.70. The Labute approximate surface area is 369 Å². The van der Waals surface area contributed by atoms with Gasteiger partial charge in [-0.1, -0.05) is 200 Å². The van der Waals surface area contributed by atoms with E-state index in [1.807, 2.05) is 42.5 Å². The number of rotatable bonds is 7. The first-order valence-corrected chi connectivity index (χ1v) is 21.3. The Morgan fingerprint density at radius 2 is 0.903 bits per heavy atom. The van der Waals surface area contributed by atoms with Gasteiger partial charge in [-0.15, -0.1) is 11.3 Å². The minimum atomic E-state index is -0.484. The van der Waals surface area contributed by atoms with Gasteiger partial charge in [0.15, 0.2) is 17.5 Å². The molecule has 0 radical (unpaired) electrons. The first kappa shape index (κ1) is 31.0. The maximum Gasteiger partial charge on any atom is 0.165 e. The molecule has 9 aromatic carbocycles. The number of hydrogen-bond acceptors (Lipinski definition) is 4. The lowest BCUT2D eigenvalue weighted by molar-refractivity contribution is 1.07. The van der Waals surface area contributed by atoms with Gasteiger partial charge in [-0.2, -0.15) is 0 Å². The lowest BCUT2D eigenvalue weighted by Crippen LogP contribution is -2.01. The van der Waals surface area contributed by atoms with Gasteiger partial charge in [-0.05, 0) is 46.0 Å². The highest BCUT2D eigenvalue weighted by Gasteiger charge is 2.23. The second-order valence-corrected chi connectivity index (χ2v) is 16.2. The van der Waals surface area contributed by atoms with Gasteiger partial charge in [0.1, 0.15) is 0 Å². The molecule has 0 aliphatic heterocycles. The SMILES string of the molecule is [2H]c1c([2H])c([2H])c(-c2nc(-c3ccccc3)nc(-c3cc(-n4c5ccccc5c5cccc(-c6ccccc6)c54)cc4c3sc3c(-c5ccc(-c6ccccc6)cc5)cccc34)n2)c([2H])c1[2H]. The number of nitrogens with zero attached hydrogens (tertiary/aromatic N) is 4.